The van der Waals surface area contributed by atoms with Crippen molar-refractivity contribution in [3.63, 3.8) is 0 Å². The van der Waals surface area contributed by atoms with E-state index < -0.39 is 6.17 Å². The number of unbranched alkanes of at least 4 members (excludes halogenated alkanes) is 2. The second-order valence-corrected chi connectivity index (χ2v) is 5.61. The van der Waals surface area contributed by atoms with E-state index in [1.165, 1.54) is 7.11 Å². The van der Waals surface area contributed by atoms with Crippen molar-refractivity contribution in [3.05, 3.63) is 0 Å². The maximum Gasteiger partial charge on any atom is 0.318 e. The molecule has 0 amide bonds. The molecule has 102 valence electrons. The monoisotopic (exact) mass is 264 g/mol. The predicted molar refractivity (Wildman–Crippen MR) is 72.2 cm³/mol. The number of esters is 1. The van der Waals surface area contributed by atoms with E-state index in [9.17, 15) is 9.18 Å². The van der Waals surface area contributed by atoms with Gasteiger partial charge in [0.15, 0.2) is 0 Å². The van der Waals surface area contributed by atoms with E-state index in [0.717, 1.165) is 37.9 Å². The van der Waals surface area contributed by atoms with Gasteiger partial charge in [-0.15, -0.1) is 11.8 Å². The van der Waals surface area contributed by atoms with Gasteiger partial charge >= 0.3 is 5.97 Å². The maximum absolute atomic E-state index is 12.5. The third-order valence-corrected chi connectivity index (χ3v) is 3.94. The molecule has 0 saturated carbocycles. The van der Waals surface area contributed by atoms with E-state index in [1.807, 2.05) is 0 Å². The Balaban J connectivity index is 3.57. The van der Waals surface area contributed by atoms with Crippen molar-refractivity contribution < 1.29 is 13.9 Å². The second kappa shape index (κ2) is 10.9. The van der Waals surface area contributed by atoms with E-state index in [2.05, 4.69) is 6.92 Å². The lowest BCUT2D eigenvalue weighted by Crippen LogP contribution is -2.19. The van der Waals surface area contributed by atoms with E-state index in [1.54, 1.807) is 18.7 Å². The van der Waals surface area contributed by atoms with Crippen molar-refractivity contribution >= 4 is 17.7 Å². The van der Waals surface area contributed by atoms with Crippen molar-refractivity contribution in [2.45, 2.75) is 63.8 Å². The number of rotatable bonds is 10. The largest absolute Gasteiger partial charge is 0.468 e. The molecule has 0 aromatic heterocycles. The molecule has 0 saturated heterocycles. The van der Waals surface area contributed by atoms with Crippen LogP contribution in [-0.4, -0.2) is 30.3 Å². The quantitative estimate of drug-likeness (QED) is 0.441. The zero-order valence-electron chi connectivity index (χ0n) is 11.2. The second-order valence-electron chi connectivity index (χ2n) is 4.30. The minimum Gasteiger partial charge on any atom is -0.468 e. The van der Waals surface area contributed by atoms with Crippen LogP contribution in [0, 0.1) is 0 Å². The number of thioether (sulfide) groups is 1. The van der Waals surface area contributed by atoms with Gasteiger partial charge in [-0.1, -0.05) is 26.2 Å². The number of hydrogen-bond acceptors (Lipinski definition) is 3. The summed E-state index contributed by atoms with van der Waals surface area (Å²) < 4.78 is 17.3. The van der Waals surface area contributed by atoms with Gasteiger partial charge in [0, 0.05) is 0 Å². The summed E-state index contributed by atoms with van der Waals surface area (Å²) in [6.07, 6.45) is 4.86. The first-order valence-electron chi connectivity index (χ1n) is 6.45. The summed E-state index contributed by atoms with van der Waals surface area (Å²) in [6, 6.07) is 0. The molecule has 2 unspecified atom stereocenters. The molecule has 0 bridgehead atoms. The van der Waals surface area contributed by atoms with Crippen LogP contribution < -0.4 is 0 Å². The van der Waals surface area contributed by atoms with Crippen LogP contribution in [-0.2, 0) is 9.53 Å². The van der Waals surface area contributed by atoms with Crippen LogP contribution in [0.5, 0.6) is 0 Å². The molecular weight excluding hydrogens is 239 g/mol. The fourth-order valence-electron chi connectivity index (χ4n) is 1.59. The summed E-state index contributed by atoms with van der Waals surface area (Å²) in [4.78, 5) is 11.4. The van der Waals surface area contributed by atoms with Crippen molar-refractivity contribution in [2.75, 3.05) is 12.9 Å². The van der Waals surface area contributed by atoms with Gasteiger partial charge in [0.05, 0.1) is 13.3 Å². The van der Waals surface area contributed by atoms with Gasteiger partial charge in [-0.3, -0.25) is 4.79 Å². The van der Waals surface area contributed by atoms with Crippen molar-refractivity contribution in [2.24, 2.45) is 0 Å². The highest BCUT2D eigenvalue weighted by Crippen LogP contribution is 2.20. The first kappa shape index (κ1) is 16.8. The lowest BCUT2D eigenvalue weighted by atomic mass is 10.1. The molecule has 0 heterocycles. The number of halogens is 1. The fourth-order valence-corrected chi connectivity index (χ4v) is 2.88. The van der Waals surface area contributed by atoms with Gasteiger partial charge in [0.25, 0.3) is 0 Å². The van der Waals surface area contributed by atoms with E-state index >= 15 is 0 Å². The standard InChI is InChI=1S/C13H25FO2S/c1-4-8-12(13(15)16-3)17-10-7-5-6-9-11(2)14/h11-12H,4-10H2,1-3H3. The lowest BCUT2D eigenvalue weighted by molar-refractivity contribution is -0.140. The Morgan fingerprint density at radius 1 is 1.29 bits per heavy atom. The topological polar surface area (TPSA) is 26.3 Å². The molecule has 0 fully saturated rings. The Morgan fingerprint density at radius 3 is 2.53 bits per heavy atom. The van der Waals surface area contributed by atoms with E-state index in [-0.39, 0.29) is 11.2 Å². The van der Waals surface area contributed by atoms with Crippen LogP contribution in [0.2, 0.25) is 0 Å². The Bertz CT molecular complexity index is 198. The van der Waals surface area contributed by atoms with Gasteiger partial charge in [0.2, 0.25) is 0 Å². The Morgan fingerprint density at radius 2 is 2.00 bits per heavy atom. The Hall–Kier alpha value is -0.250. The molecule has 0 spiro atoms. The van der Waals surface area contributed by atoms with Crippen molar-refractivity contribution in [1.29, 1.82) is 0 Å². The highest BCUT2D eigenvalue weighted by Gasteiger charge is 2.17. The number of hydrogen-bond donors (Lipinski definition) is 0. The smallest absolute Gasteiger partial charge is 0.318 e. The normalized spacial score (nSPS) is 14.4. The van der Waals surface area contributed by atoms with Gasteiger partial charge in [0.1, 0.15) is 5.25 Å². The zero-order chi connectivity index (χ0) is 13.1. The van der Waals surface area contributed by atoms with Gasteiger partial charge in [-0.05, 0) is 31.9 Å². The molecule has 4 heteroatoms. The average Bonchev–Trinajstić information content (AvgIpc) is 2.30. The molecule has 0 aliphatic rings. The third-order valence-electron chi connectivity index (χ3n) is 2.58. The summed E-state index contributed by atoms with van der Waals surface area (Å²) in [5.41, 5.74) is 0. The van der Waals surface area contributed by atoms with Crippen LogP contribution in [0.25, 0.3) is 0 Å². The van der Waals surface area contributed by atoms with Gasteiger partial charge < -0.3 is 4.74 Å². The Kier molecular flexibility index (Phi) is 10.7. The molecule has 0 radical (unpaired) electrons. The van der Waals surface area contributed by atoms with Crippen LogP contribution in [0.4, 0.5) is 4.39 Å². The van der Waals surface area contributed by atoms with Crippen LogP contribution in [0.1, 0.15) is 52.4 Å². The fraction of sp³-hybridized carbons (Fsp3) is 0.923. The lowest BCUT2D eigenvalue weighted by Gasteiger charge is -2.13. The van der Waals surface area contributed by atoms with Crippen LogP contribution in [0.15, 0.2) is 0 Å². The first-order chi connectivity index (χ1) is 8.11. The van der Waals surface area contributed by atoms with Crippen molar-refractivity contribution in [3.8, 4) is 0 Å². The summed E-state index contributed by atoms with van der Waals surface area (Å²) >= 11 is 1.67. The average molecular weight is 264 g/mol. The first-order valence-corrected chi connectivity index (χ1v) is 7.50. The van der Waals surface area contributed by atoms with Gasteiger partial charge in [-0.25, -0.2) is 4.39 Å². The van der Waals surface area contributed by atoms with Crippen LogP contribution in [0.3, 0.4) is 0 Å². The molecule has 0 aliphatic heterocycles. The number of carbonyl (C=O) groups is 1. The highest BCUT2D eigenvalue weighted by atomic mass is 32.2. The molecular formula is C13H25FO2S. The molecule has 17 heavy (non-hydrogen) atoms. The third kappa shape index (κ3) is 9.45. The molecule has 0 N–H and O–H groups in total. The number of methoxy groups -OCH3 is 1. The number of ether oxygens (including phenoxy) is 1. The molecule has 2 atom stereocenters. The summed E-state index contributed by atoms with van der Waals surface area (Å²) in [7, 11) is 1.44. The van der Waals surface area contributed by atoms with Crippen LogP contribution >= 0.6 is 11.8 Å². The minimum absolute atomic E-state index is 0.0231. The SMILES string of the molecule is CCCC(SCCCCCC(C)F)C(=O)OC. The maximum atomic E-state index is 12.5. The molecule has 0 aromatic carbocycles. The predicted octanol–water partition coefficient (Wildman–Crippen LogP) is 3.98. The van der Waals surface area contributed by atoms with E-state index in [0.29, 0.717) is 6.42 Å². The van der Waals surface area contributed by atoms with E-state index in [4.69, 9.17) is 4.74 Å². The van der Waals surface area contributed by atoms with Crippen molar-refractivity contribution in [1.82, 2.24) is 0 Å². The minimum atomic E-state index is -0.689. The zero-order valence-corrected chi connectivity index (χ0v) is 12.0. The summed E-state index contributed by atoms with van der Waals surface area (Å²) in [5, 5.41) is -0.0231. The summed E-state index contributed by atoms with van der Waals surface area (Å²) in [5.74, 6) is 0.842. The molecule has 2 nitrogen and oxygen atoms in total. The number of alkyl halides is 1. The van der Waals surface area contributed by atoms with Gasteiger partial charge in [-0.2, -0.15) is 0 Å². The number of carbonyl (C=O) groups excluding carboxylic acids is 1. The molecule has 0 rings (SSSR count). The molecule has 0 aromatic rings. The highest BCUT2D eigenvalue weighted by molar-refractivity contribution is 8.00. The molecule has 0 aliphatic carbocycles. The Labute approximate surface area is 109 Å². The summed E-state index contributed by atoms with van der Waals surface area (Å²) in [6.45, 7) is 3.67.